The van der Waals surface area contributed by atoms with Crippen LogP contribution in [0.15, 0.2) is 47.6 Å². The molecule has 5 nitrogen and oxygen atoms in total. The zero-order chi connectivity index (χ0) is 15.8. The number of aliphatic imine (C=N–C) groups is 1. The Kier molecular flexibility index (Phi) is 5.71. The smallest absolute Gasteiger partial charge is 0.213 e. The fraction of sp³-hybridized carbons (Fsp3) is 0.250. The van der Waals surface area contributed by atoms with Crippen molar-refractivity contribution < 1.29 is 9.13 Å². The number of benzene rings is 1. The van der Waals surface area contributed by atoms with E-state index in [9.17, 15) is 4.39 Å². The first-order chi connectivity index (χ1) is 10.7. The number of aromatic nitrogens is 1. The predicted molar refractivity (Wildman–Crippen MR) is 84.2 cm³/mol. The molecular weight excluding hydrogens is 283 g/mol. The Morgan fingerprint density at radius 1 is 1.14 bits per heavy atom. The zero-order valence-corrected chi connectivity index (χ0v) is 12.6. The molecule has 0 fully saturated rings. The molecular formula is C16H19FN4O. The molecule has 116 valence electrons. The number of ether oxygens (including phenoxy) is 1. The van der Waals surface area contributed by atoms with Gasteiger partial charge in [-0.15, -0.1) is 0 Å². The van der Waals surface area contributed by atoms with E-state index in [-0.39, 0.29) is 5.82 Å². The average Bonchev–Trinajstić information content (AvgIpc) is 2.57. The maximum atomic E-state index is 12.9. The number of halogens is 1. The van der Waals surface area contributed by atoms with E-state index in [1.807, 2.05) is 12.1 Å². The monoisotopic (exact) mass is 302 g/mol. The summed E-state index contributed by atoms with van der Waals surface area (Å²) < 4.78 is 17.9. The number of pyridine rings is 1. The van der Waals surface area contributed by atoms with Crippen LogP contribution in [0.2, 0.25) is 0 Å². The van der Waals surface area contributed by atoms with Crippen molar-refractivity contribution in [1.82, 2.24) is 15.6 Å². The molecule has 2 N–H and O–H groups in total. The molecule has 0 saturated heterocycles. The van der Waals surface area contributed by atoms with Crippen molar-refractivity contribution in [3.8, 4) is 5.88 Å². The minimum atomic E-state index is -0.238. The second kappa shape index (κ2) is 7.97. The maximum Gasteiger partial charge on any atom is 0.213 e. The summed E-state index contributed by atoms with van der Waals surface area (Å²) in [6.45, 7) is 1.17. The number of guanidine groups is 1. The lowest BCUT2D eigenvalue weighted by molar-refractivity contribution is 0.397. The second-order valence-corrected chi connectivity index (χ2v) is 4.61. The first kappa shape index (κ1) is 15.8. The average molecular weight is 302 g/mol. The highest BCUT2D eigenvalue weighted by Crippen LogP contribution is 2.08. The van der Waals surface area contributed by atoms with Crippen molar-refractivity contribution in [1.29, 1.82) is 0 Å². The third-order valence-corrected chi connectivity index (χ3v) is 3.07. The Morgan fingerprint density at radius 2 is 1.82 bits per heavy atom. The third kappa shape index (κ3) is 4.73. The predicted octanol–water partition coefficient (Wildman–Crippen LogP) is 2.09. The van der Waals surface area contributed by atoms with Gasteiger partial charge in [-0.1, -0.05) is 12.1 Å². The van der Waals surface area contributed by atoms with Crippen molar-refractivity contribution in [2.75, 3.05) is 14.2 Å². The van der Waals surface area contributed by atoms with Gasteiger partial charge in [-0.3, -0.25) is 4.99 Å². The topological polar surface area (TPSA) is 58.5 Å². The molecule has 22 heavy (non-hydrogen) atoms. The van der Waals surface area contributed by atoms with Crippen molar-refractivity contribution in [2.24, 2.45) is 4.99 Å². The summed E-state index contributed by atoms with van der Waals surface area (Å²) in [6.07, 6.45) is 1.70. The molecule has 1 aromatic carbocycles. The van der Waals surface area contributed by atoms with Crippen molar-refractivity contribution in [3.63, 3.8) is 0 Å². The van der Waals surface area contributed by atoms with Crippen LogP contribution in [0.4, 0.5) is 4.39 Å². The maximum absolute atomic E-state index is 12.9. The molecule has 0 saturated carbocycles. The van der Waals surface area contributed by atoms with E-state index in [0.29, 0.717) is 24.9 Å². The highest BCUT2D eigenvalue weighted by molar-refractivity contribution is 5.79. The molecule has 0 aliphatic rings. The van der Waals surface area contributed by atoms with E-state index >= 15 is 0 Å². The molecule has 0 aliphatic carbocycles. The number of hydrogen-bond donors (Lipinski definition) is 2. The first-order valence-corrected chi connectivity index (χ1v) is 6.89. The van der Waals surface area contributed by atoms with Crippen LogP contribution in [0.1, 0.15) is 11.1 Å². The Hall–Kier alpha value is -2.63. The molecule has 0 atom stereocenters. The number of hydrogen-bond acceptors (Lipinski definition) is 3. The molecule has 6 heteroatoms. The third-order valence-electron chi connectivity index (χ3n) is 3.07. The minimum absolute atomic E-state index is 0.238. The van der Waals surface area contributed by atoms with Crippen LogP contribution in [0.3, 0.4) is 0 Å². The fourth-order valence-electron chi connectivity index (χ4n) is 1.87. The second-order valence-electron chi connectivity index (χ2n) is 4.61. The summed E-state index contributed by atoms with van der Waals surface area (Å²) in [5.74, 6) is 1.01. The molecule has 0 unspecified atom stereocenters. The standard InChI is InChI=1S/C16H19FN4O/c1-18-16(20-10-12-3-5-14(17)6-4-12)21-11-13-7-8-19-15(9-13)22-2/h3-9H,10-11H2,1-2H3,(H2,18,20,21). The minimum Gasteiger partial charge on any atom is -0.481 e. The van der Waals surface area contributed by atoms with Crippen molar-refractivity contribution >= 4 is 5.96 Å². The van der Waals surface area contributed by atoms with Gasteiger partial charge in [0.05, 0.1) is 7.11 Å². The van der Waals surface area contributed by atoms with Crippen LogP contribution in [0.25, 0.3) is 0 Å². The number of rotatable bonds is 5. The summed E-state index contributed by atoms with van der Waals surface area (Å²) in [5.41, 5.74) is 2.02. The fourth-order valence-corrected chi connectivity index (χ4v) is 1.87. The van der Waals surface area contributed by atoms with Crippen LogP contribution < -0.4 is 15.4 Å². The summed E-state index contributed by atoms with van der Waals surface area (Å²) in [5, 5.41) is 6.37. The van der Waals surface area contributed by atoms with Crippen LogP contribution in [0.5, 0.6) is 5.88 Å². The molecule has 1 heterocycles. The van der Waals surface area contributed by atoms with E-state index in [1.54, 1.807) is 32.5 Å². The Labute approximate surface area is 129 Å². The molecule has 2 aromatic rings. The molecule has 0 amide bonds. The summed E-state index contributed by atoms with van der Waals surface area (Å²) in [6, 6.07) is 10.1. The molecule has 2 rings (SSSR count). The normalized spacial score (nSPS) is 11.1. The highest BCUT2D eigenvalue weighted by Gasteiger charge is 2.01. The van der Waals surface area contributed by atoms with Crippen LogP contribution in [-0.2, 0) is 13.1 Å². The summed E-state index contributed by atoms with van der Waals surface area (Å²) in [7, 11) is 3.29. The van der Waals surface area contributed by atoms with Gasteiger partial charge in [0, 0.05) is 32.4 Å². The number of methoxy groups -OCH3 is 1. The highest BCUT2D eigenvalue weighted by atomic mass is 19.1. The van der Waals surface area contributed by atoms with E-state index in [4.69, 9.17) is 4.74 Å². The van der Waals surface area contributed by atoms with Gasteiger partial charge in [0.1, 0.15) is 5.82 Å². The molecule has 0 radical (unpaired) electrons. The zero-order valence-electron chi connectivity index (χ0n) is 12.6. The Bertz CT molecular complexity index is 628. The lowest BCUT2D eigenvalue weighted by Crippen LogP contribution is -2.36. The largest absolute Gasteiger partial charge is 0.481 e. The van der Waals surface area contributed by atoms with Gasteiger partial charge in [-0.25, -0.2) is 9.37 Å². The van der Waals surface area contributed by atoms with Crippen LogP contribution in [0, 0.1) is 5.82 Å². The van der Waals surface area contributed by atoms with Gasteiger partial charge < -0.3 is 15.4 Å². The molecule has 0 aliphatic heterocycles. The summed E-state index contributed by atoms with van der Waals surface area (Å²) >= 11 is 0. The van der Waals surface area contributed by atoms with Gasteiger partial charge in [0.15, 0.2) is 5.96 Å². The Balaban J connectivity index is 1.85. The van der Waals surface area contributed by atoms with Crippen LogP contribution >= 0.6 is 0 Å². The SMILES string of the molecule is CN=C(NCc1ccc(F)cc1)NCc1ccnc(OC)c1. The van der Waals surface area contributed by atoms with E-state index in [2.05, 4.69) is 20.6 Å². The van der Waals surface area contributed by atoms with E-state index < -0.39 is 0 Å². The lowest BCUT2D eigenvalue weighted by Gasteiger charge is -2.12. The van der Waals surface area contributed by atoms with Crippen molar-refractivity contribution in [3.05, 3.63) is 59.5 Å². The van der Waals surface area contributed by atoms with Crippen molar-refractivity contribution in [2.45, 2.75) is 13.1 Å². The molecule has 1 aromatic heterocycles. The van der Waals surface area contributed by atoms with Gasteiger partial charge >= 0.3 is 0 Å². The van der Waals surface area contributed by atoms with E-state index in [1.165, 1.54) is 12.1 Å². The first-order valence-electron chi connectivity index (χ1n) is 6.89. The summed E-state index contributed by atoms with van der Waals surface area (Å²) in [4.78, 5) is 8.21. The van der Waals surface area contributed by atoms with Gasteiger partial charge in [0.2, 0.25) is 5.88 Å². The quantitative estimate of drug-likeness (QED) is 0.656. The van der Waals surface area contributed by atoms with Gasteiger partial charge in [0.25, 0.3) is 0 Å². The molecule has 0 spiro atoms. The van der Waals surface area contributed by atoms with Gasteiger partial charge in [-0.2, -0.15) is 0 Å². The Morgan fingerprint density at radius 3 is 2.45 bits per heavy atom. The number of nitrogens with zero attached hydrogens (tertiary/aromatic N) is 2. The van der Waals surface area contributed by atoms with Crippen LogP contribution in [-0.4, -0.2) is 25.1 Å². The molecule has 0 bridgehead atoms. The number of nitrogens with one attached hydrogen (secondary N) is 2. The lowest BCUT2D eigenvalue weighted by atomic mass is 10.2. The van der Waals surface area contributed by atoms with Gasteiger partial charge in [-0.05, 0) is 29.3 Å². The van der Waals surface area contributed by atoms with E-state index in [0.717, 1.165) is 11.1 Å².